The Morgan fingerprint density at radius 3 is 1.97 bits per heavy atom. The summed E-state index contributed by atoms with van der Waals surface area (Å²) >= 11 is 16.8. The first-order valence-corrected chi connectivity index (χ1v) is 13.9. The van der Waals surface area contributed by atoms with Gasteiger partial charge in [0.15, 0.2) is 17.2 Å². The number of halogens is 3. The van der Waals surface area contributed by atoms with Crippen molar-refractivity contribution in [3.8, 4) is 17.2 Å². The number of hydrogen-bond acceptors (Lipinski definition) is 7. The van der Waals surface area contributed by atoms with Crippen LogP contribution in [-0.4, -0.2) is 58.6 Å². The molecule has 0 aliphatic heterocycles. The van der Waals surface area contributed by atoms with Crippen LogP contribution in [0.3, 0.4) is 0 Å². The average Bonchev–Trinajstić information content (AvgIpc) is 2.67. The molecular formula is C18H27Cl3N2O7Si. The summed E-state index contributed by atoms with van der Waals surface area (Å²) in [5, 5.41) is 0.808. The van der Waals surface area contributed by atoms with Gasteiger partial charge in [0, 0.05) is 20.2 Å². The summed E-state index contributed by atoms with van der Waals surface area (Å²) in [5.74, 6) is 0.739. The summed E-state index contributed by atoms with van der Waals surface area (Å²) in [6.07, 6.45) is -1.95. The van der Waals surface area contributed by atoms with Gasteiger partial charge in [0.2, 0.25) is 3.79 Å². The Kier molecular flexibility index (Phi) is 10.3. The van der Waals surface area contributed by atoms with E-state index in [4.69, 9.17) is 58.5 Å². The van der Waals surface area contributed by atoms with Crippen molar-refractivity contribution in [1.29, 1.82) is 0 Å². The number of anilines is 1. The van der Waals surface area contributed by atoms with Crippen molar-refractivity contribution in [3.63, 3.8) is 0 Å². The van der Waals surface area contributed by atoms with Gasteiger partial charge in [-0.25, -0.2) is 15.0 Å². The number of hydrogen-bond donors (Lipinski definition) is 1. The van der Waals surface area contributed by atoms with Crippen LogP contribution in [-0.2, 0) is 9.47 Å². The van der Waals surface area contributed by atoms with Crippen LogP contribution in [0, 0.1) is 0 Å². The van der Waals surface area contributed by atoms with E-state index < -0.39 is 30.7 Å². The number of rotatable bonds is 8. The van der Waals surface area contributed by atoms with Crippen molar-refractivity contribution in [1.82, 2.24) is 5.43 Å². The van der Waals surface area contributed by atoms with Crippen LogP contribution < -0.4 is 24.6 Å². The van der Waals surface area contributed by atoms with Gasteiger partial charge >= 0.3 is 12.2 Å². The molecule has 0 fully saturated rings. The molecule has 0 bridgehead atoms. The first-order valence-electron chi connectivity index (χ1n) is 9.08. The maximum Gasteiger partial charge on any atom is 0.433 e. The van der Waals surface area contributed by atoms with Gasteiger partial charge in [-0.2, -0.15) is 5.01 Å². The number of nitrogens with zero attached hydrogens (tertiary/aromatic N) is 1. The lowest BCUT2D eigenvalue weighted by atomic mass is 10.2. The first kappa shape index (κ1) is 27.3. The molecule has 1 N–H and O–H groups in total. The molecule has 0 saturated heterocycles. The van der Waals surface area contributed by atoms with Crippen molar-refractivity contribution in [3.05, 3.63) is 12.1 Å². The summed E-state index contributed by atoms with van der Waals surface area (Å²) in [6, 6.07) is 3.74. The zero-order valence-electron chi connectivity index (χ0n) is 18.2. The van der Waals surface area contributed by atoms with E-state index in [1.165, 1.54) is 33.5 Å². The minimum absolute atomic E-state index is 0.0645. The van der Waals surface area contributed by atoms with E-state index in [1.54, 1.807) is 0 Å². The Morgan fingerprint density at radius 2 is 1.55 bits per heavy atom. The average molecular weight is 518 g/mol. The molecule has 0 unspecified atom stereocenters. The Labute approximate surface area is 197 Å². The fourth-order valence-electron chi connectivity index (χ4n) is 2.18. The van der Waals surface area contributed by atoms with E-state index >= 15 is 0 Å². The lowest BCUT2D eigenvalue weighted by Gasteiger charge is -2.26. The fraction of sp³-hybridized carbons (Fsp3) is 0.556. The SMILES string of the molecule is COc1cc(OC)c(N(NC(=O)OCC(Cl)(Cl)Cl)C(=O)OCC[Si](C)(C)C)c(OC)c1. The number of carbonyl (C=O) groups is 2. The number of carbonyl (C=O) groups excluding carboxylic acids is 2. The van der Waals surface area contributed by atoms with E-state index in [0.29, 0.717) is 5.75 Å². The van der Waals surface area contributed by atoms with E-state index in [9.17, 15) is 9.59 Å². The zero-order valence-corrected chi connectivity index (χ0v) is 21.5. The highest BCUT2D eigenvalue weighted by Crippen LogP contribution is 2.41. The molecule has 0 radical (unpaired) electrons. The molecule has 31 heavy (non-hydrogen) atoms. The van der Waals surface area contributed by atoms with Crippen LogP contribution in [0.2, 0.25) is 25.7 Å². The first-order chi connectivity index (χ1) is 14.3. The van der Waals surface area contributed by atoms with Crippen molar-refractivity contribution >= 4 is 60.8 Å². The van der Waals surface area contributed by atoms with Gasteiger partial charge < -0.3 is 23.7 Å². The number of ether oxygens (including phenoxy) is 5. The van der Waals surface area contributed by atoms with Crippen LogP contribution >= 0.6 is 34.8 Å². The van der Waals surface area contributed by atoms with E-state index in [2.05, 4.69) is 25.1 Å². The summed E-state index contributed by atoms with van der Waals surface area (Å²) in [5.41, 5.74) is 2.34. The normalized spacial score (nSPS) is 11.4. The van der Waals surface area contributed by atoms with Crippen molar-refractivity contribution in [2.75, 3.05) is 39.6 Å². The third kappa shape index (κ3) is 9.50. The molecule has 176 valence electrons. The van der Waals surface area contributed by atoms with Gasteiger partial charge in [-0.05, 0) is 6.04 Å². The number of alkyl halides is 3. The molecule has 2 amide bonds. The largest absolute Gasteiger partial charge is 0.496 e. The number of amides is 2. The smallest absolute Gasteiger partial charge is 0.433 e. The van der Waals surface area contributed by atoms with Crippen molar-refractivity contribution in [2.45, 2.75) is 29.5 Å². The topological polar surface area (TPSA) is 95.6 Å². The summed E-state index contributed by atoms with van der Waals surface area (Å²) in [4.78, 5) is 25.2. The van der Waals surface area contributed by atoms with Crippen molar-refractivity contribution in [2.24, 2.45) is 0 Å². The Morgan fingerprint density at radius 1 is 1.00 bits per heavy atom. The van der Waals surface area contributed by atoms with E-state index in [0.717, 1.165) is 11.1 Å². The third-order valence-electron chi connectivity index (χ3n) is 3.74. The molecule has 0 aliphatic carbocycles. The number of methoxy groups -OCH3 is 3. The molecule has 0 atom stereocenters. The van der Waals surface area contributed by atoms with Crippen LogP contribution in [0.15, 0.2) is 12.1 Å². The monoisotopic (exact) mass is 516 g/mol. The van der Waals surface area contributed by atoms with Crippen molar-refractivity contribution < 1.29 is 33.3 Å². The number of benzene rings is 1. The highest BCUT2D eigenvalue weighted by molar-refractivity contribution is 6.76. The van der Waals surface area contributed by atoms with E-state index in [-0.39, 0.29) is 23.8 Å². The molecule has 1 aromatic rings. The minimum atomic E-state index is -1.82. The van der Waals surface area contributed by atoms with Crippen LogP contribution in [0.5, 0.6) is 17.2 Å². The molecule has 0 heterocycles. The van der Waals surface area contributed by atoms with Gasteiger partial charge in [0.25, 0.3) is 0 Å². The lowest BCUT2D eigenvalue weighted by Crippen LogP contribution is -2.48. The second-order valence-corrected chi connectivity index (χ2v) is 15.6. The highest BCUT2D eigenvalue weighted by atomic mass is 35.6. The van der Waals surface area contributed by atoms with Gasteiger partial charge in [-0.1, -0.05) is 54.4 Å². The standard InChI is InChI=1S/C18H27Cl3N2O7Si/c1-26-12-9-13(27-2)15(14(10-12)28-3)23(17(25)29-7-8-31(4,5)6)22-16(24)30-11-18(19,20)21/h9-10H,7-8,11H2,1-6H3,(H,22,24). The Hall–Kier alpha value is -1.75. The Balaban J connectivity index is 3.26. The maximum atomic E-state index is 12.9. The van der Waals surface area contributed by atoms with Crippen LogP contribution in [0.25, 0.3) is 0 Å². The zero-order chi connectivity index (χ0) is 23.8. The van der Waals surface area contributed by atoms with E-state index in [1.807, 2.05) is 0 Å². The molecule has 13 heteroatoms. The number of hydrazine groups is 1. The molecule has 9 nitrogen and oxygen atoms in total. The van der Waals surface area contributed by atoms with Crippen LogP contribution in [0.4, 0.5) is 15.3 Å². The predicted molar refractivity (Wildman–Crippen MR) is 123 cm³/mol. The summed E-state index contributed by atoms with van der Waals surface area (Å²) in [7, 11) is 2.76. The minimum Gasteiger partial charge on any atom is -0.496 e. The predicted octanol–water partition coefficient (Wildman–Crippen LogP) is 5.01. The maximum absolute atomic E-state index is 12.9. The Bertz CT molecular complexity index is 744. The molecule has 1 rings (SSSR count). The lowest BCUT2D eigenvalue weighted by molar-refractivity contribution is 0.136. The van der Waals surface area contributed by atoms with Crippen LogP contribution in [0.1, 0.15) is 0 Å². The second kappa shape index (κ2) is 11.7. The van der Waals surface area contributed by atoms with Gasteiger partial charge in [-0.15, -0.1) is 0 Å². The quantitative estimate of drug-likeness (QED) is 0.294. The van der Waals surface area contributed by atoms with Gasteiger partial charge in [0.05, 0.1) is 27.9 Å². The third-order valence-corrected chi connectivity index (χ3v) is 5.77. The van der Waals surface area contributed by atoms with Gasteiger partial charge in [-0.3, -0.25) is 0 Å². The molecule has 0 saturated carbocycles. The van der Waals surface area contributed by atoms with Gasteiger partial charge in [0.1, 0.15) is 12.4 Å². The molecule has 1 aromatic carbocycles. The highest BCUT2D eigenvalue weighted by Gasteiger charge is 2.30. The fourth-order valence-corrected chi connectivity index (χ4v) is 3.06. The molecule has 0 spiro atoms. The molecular weight excluding hydrogens is 491 g/mol. The number of nitrogens with one attached hydrogen (secondary N) is 1. The summed E-state index contributed by atoms with van der Waals surface area (Å²) in [6.45, 7) is 6.04. The molecule has 0 aromatic heterocycles. The second-order valence-electron chi connectivity index (χ2n) is 7.44. The summed E-state index contributed by atoms with van der Waals surface area (Å²) < 4.78 is 24.3. The molecule has 0 aliphatic rings.